The molecule has 1 aliphatic carbocycles. The number of alkyl halides is 3. The fourth-order valence-electron chi connectivity index (χ4n) is 3.18. The summed E-state index contributed by atoms with van der Waals surface area (Å²) in [5.41, 5.74) is 1.16. The maximum absolute atomic E-state index is 12.8. The molecular weight excluding hydrogens is 496 g/mol. The Balaban J connectivity index is 1.74. The maximum Gasteiger partial charge on any atom is 0.252 e. The van der Waals surface area contributed by atoms with Gasteiger partial charge in [-0.3, -0.25) is 14.0 Å². The first-order chi connectivity index (χ1) is 14.1. The van der Waals surface area contributed by atoms with Crippen molar-refractivity contribution in [3.63, 3.8) is 0 Å². The van der Waals surface area contributed by atoms with E-state index in [4.69, 9.17) is 58.0 Å². The van der Waals surface area contributed by atoms with E-state index >= 15 is 0 Å². The molecule has 2 atom stereocenters. The van der Waals surface area contributed by atoms with Crippen LogP contribution in [0.25, 0.3) is 0 Å². The van der Waals surface area contributed by atoms with Gasteiger partial charge < -0.3 is 10.6 Å². The number of nitrogens with one attached hydrogen (secondary N) is 2. The molecule has 10 heteroatoms. The molecule has 2 aromatic carbocycles. The first-order valence-electron chi connectivity index (χ1n) is 8.93. The second-order valence-corrected chi connectivity index (χ2v) is 9.54. The molecule has 0 saturated heterocycles. The second kappa shape index (κ2) is 9.49. The minimum Gasteiger partial charge on any atom is -0.352 e. The highest BCUT2D eigenvalue weighted by atomic mass is 35.5. The first-order valence-corrected chi connectivity index (χ1v) is 10.8. The summed E-state index contributed by atoms with van der Waals surface area (Å²) in [4.78, 5) is 25.0. The molecular formula is C20H16Cl5FN2O2. The number of amides is 2. The summed E-state index contributed by atoms with van der Waals surface area (Å²) in [6, 6.07) is 9.36. The average Bonchev–Trinajstić information content (AvgIpc) is 3.25. The molecule has 0 aliphatic heterocycles. The van der Waals surface area contributed by atoms with Gasteiger partial charge in [0.2, 0.25) is 5.91 Å². The van der Waals surface area contributed by atoms with Crippen molar-refractivity contribution in [2.45, 2.75) is 16.7 Å². The van der Waals surface area contributed by atoms with Gasteiger partial charge in [-0.1, -0.05) is 34.8 Å². The van der Waals surface area contributed by atoms with E-state index in [0.29, 0.717) is 21.3 Å². The molecule has 2 aromatic rings. The molecule has 2 amide bonds. The third-order valence-corrected chi connectivity index (χ3v) is 6.36. The molecule has 4 nitrogen and oxygen atoms in total. The number of carbonyl (C=O) groups excluding carboxylic acids is 2. The molecule has 3 rings (SSSR count). The minimum atomic E-state index is -1.32. The summed E-state index contributed by atoms with van der Waals surface area (Å²) in [5, 5.41) is 6.29. The molecule has 0 spiro atoms. The lowest BCUT2D eigenvalue weighted by Crippen LogP contribution is -2.25. The van der Waals surface area contributed by atoms with Crippen LogP contribution in [0.3, 0.4) is 0 Å². The summed E-state index contributed by atoms with van der Waals surface area (Å²) in [6.45, 7) is -0.363. The van der Waals surface area contributed by atoms with Gasteiger partial charge in [-0.25, -0.2) is 0 Å². The monoisotopic (exact) mass is 510 g/mol. The van der Waals surface area contributed by atoms with Crippen LogP contribution >= 0.6 is 58.0 Å². The van der Waals surface area contributed by atoms with E-state index in [1.54, 1.807) is 24.3 Å². The number of rotatable bonds is 7. The van der Waals surface area contributed by atoms with Crippen molar-refractivity contribution in [2.24, 2.45) is 5.92 Å². The topological polar surface area (TPSA) is 58.2 Å². The first kappa shape index (κ1) is 23.4. The van der Waals surface area contributed by atoms with Crippen LogP contribution in [0.5, 0.6) is 0 Å². The number of hydrogen-bond donors (Lipinski definition) is 2. The van der Waals surface area contributed by atoms with Gasteiger partial charge >= 0.3 is 0 Å². The van der Waals surface area contributed by atoms with Gasteiger partial charge in [-0.05, 0) is 48.4 Å². The molecule has 0 bridgehead atoms. The van der Waals surface area contributed by atoms with Gasteiger partial charge in [-0.2, -0.15) is 0 Å². The summed E-state index contributed by atoms with van der Waals surface area (Å²) in [6.07, 6.45) is 0.198. The Morgan fingerprint density at radius 3 is 2.33 bits per heavy atom. The van der Waals surface area contributed by atoms with Crippen LogP contribution in [0.1, 0.15) is 28.3 Å². The smallest absolute Gasteiger partial charge is 0.252 e. The highest BCUT2D eigenvalue weighted by molar-refractivity contribution is 6.53. The van der Waals surface area contributed by atoms with E-state index < -0.39 is 34.7 Å². The molecule has 1 saturated carbocycles. The van der Waals surface area contributed by atoms with E-state index in [1.165, 1.54) is 12.1 Å². The zero-order valence-corrected chi connectivity index (χ0v) is 19.1. The summed E-state index contributed by atoms with van der Waals surface area (Å²) in [5.74, 6) is -2.13. The standard InChI is InChI=1S/C20H16Cl5FN2O2/c21-11-6-10(7-12(22)8-11)16-17(20(16,24)25)19(30)28-13-2-3-15(23)14(9-13)18(29)27-5-1-4-26/h2-3,6-9,16-17H,1,4-5H2,(H,27,29)(H,28,30). The number of benzene rings is 2. The Morgan fingerprint density at radius 1 is 1.03 bits per heavy atom. The van der Waals surface area contributed by atoms with Gasteiger partial charge in [0.05, 0.1) is 23.2 Å². The van der Waals surface area contributed by atoms with Crippen LogP contribution in [0, 0.1) is 5.92 Å². The predicted molar refractivity (Wildman–Crippen MR) is 120 cm³/mol. The van der Waals surface area contributed by atoms with Gasteiger partial charge in [0.25, 0.3) is 5.91 Å². The van der Waals surface area contributed by atoms with Gasteiger partial charge in [0.1, 0.15) is 4.33 Å². The van der Waals surface area contributed by atoms with Gasteiger partial charge in [0, 0.05) is 28.2 Å². The van der Waals surface area contributed by atoms with Crippen molar-refractivity contribution in [2.75, 3.05) is 18.5 Å². The lowest BCUT2D eigenvalue weighted by Gasteiger charge is -2.10. The number of carbonyl (C=O) groups is 2. The van der Waals surface area contributed by atoms with Crippen LogP contribution in [-0.4, -0.2) is 29.4 Å². The second-order valence-electron chi connectivity index (χ2n) is 6.81. The van der Waals surface area contributed by atoms with E-state index in [1.807, 2.05) is 0 Å². The fraction of sp³-hybridized carbons (Fsp3) is 0.300. The number of hydrogen-bond acceptors (Lipinski definition) is 2. The highest BCUT2D eigenvalue weighted by Gasteiger charge is 2.67. The Hall–Kier alpha value is -1.24. The number of halogens is 6. The van der Waals surface area contributed by atoms with Crippen molar-refractivity contribution in [1.29, 1.82) is 0 Å². The third-order valence-electron chi connectivity index (χ3n) is 4.65. The highest BCUT2D eigenvalue weighted by Crippen LogP contribution is 2.65. The Bertz CT molecular complexity index is 965. The van der Waals surface area contributed by atoms with Crippen molar-refractivity contribution in [3.05, 3.63) is 62.6 Å². The fourth-order valence-corrected chi connectivity index (χ4v) is 4.76. The lowest BCUT2D eigenvalue weighted by molar-refractivity contribution is -0.117. The van der Waals surface area contributed by atoms with Crippen molar-refractivity contribution in [3.8, 4) is 0 Å². The molecule has 30 heavy (non-hydrogen) atoms. The molecule has 0 heterocycles. The van der Waals surface area contributed by atoms with E-state index in [-0.39, 0.29) is 23.6 Å². The molecule has 1 fully saturated rings. The van der Waals surface area contributed by atoms with Crippen molar-refractivity contribution >= 4 is 75.5 Å². The van der Waals surface area contributed by atoms with Gasteiger partial charge in [-0.15, -0.1) is 23.2 Å². The van der Waals surface area contributed by atoms with Crippen LogP contribution in [0.2, 0.25) is 15.1 Å². The molecule has 1 aliphatic rings. The van der Waals surface area contributed by atoms with Crippen LogP contribution < -0.4 is 10.6 Å². The lowest BCUT2D eigenvalue weighted by atomic mass is 10.1. The van der Waals surface area contributed by atoms with Crippen LogP contribution in [0.4, 0.5) is 10.1 Å². The quantitative estimate of drug-likeness (QED) is 0.340. The molecule has 2 N–H and O–H groups in total. The molecule has 2 unspecified atom stereocenters. The van der Waals surface area contributed by atoms with Crippen LogP contribution in [-0.2, 0) is 4.79 Å². The average molecular weight is 513 g/mol. The SMILES string of the molecule is O=C(NCCCF)c1cc(NC(=O)C2C(c3cc(Cl)cc(Cl)c3)C2(Cl)Cl)ccc1Cl. The van der Waals surface area contributed by atoms with E-state index in [2.05, 4.69) is 10.6 Å². The molecule has 0 radical (unpaired) electrons. The number of anilines is 1. The molecule has 160 valence electrons. The van der Waals surface area contributed by atoms with Crippen LogP contribution in [0.15, 0.2) is 36.4 Å². The Morgan fingerprint density at radius 2 is 1.70 bits per heavy atom. The Labute approximate surface area is 198 Å². The summed E-state index contributed by atoms with van der Waals surface area (Å²) >= 11 is 30.9. The Kier molecular flexibility index (Phi) is 7.41. The normalized spacial score (nSPS) is 19.3. The predicted octanol–water partition coefficient (Wildman–Crippen LogP) is 6.26. The molecule has 0 aromatic heterocycles. The van der Waals surface area contributed by atoms with E-state index in [9.17, 15) is 14.0 Å². The van der Waals surface area contributed by atoms with Crippen molar-refractivity contribution < 1.29 is 14.0 Å². The minimum absolute atomic E-state index is 0.158. The largest absolute Gasteiger partial charge is 0.352 e. The summed E-state index contributed by atoms with van der Waals surface area (Å²) in [7, 11) is 0. The third kappa shape index (κ3) is 5.14. The van der Waals surface area contributed by atoms with Gasteiger partial charge in [0.15, 0.2) is 0 Å². The zero-order chi connectivity index (χ0) is 22.1. The maximum atomic E-state index is 12.8. The zero-order valence-electron chi connectivity index (χ0n) is 15.3. The van der Waals surface area contributed by atoms with E-state index in [0.717, 1.165) is 0 Å². The van der Waals surface area contributed by atoms with Crippen molar-refractivity contribution in [1.82, 2.24) is 5.32 Å². The summed E-state index contributed by atoms with van der Waals surface area (Å²) < 4.78 is 10.9.